The van der Waals surface area contributed by atoms with E-state index in [0.717, 1.165) is 4.90 Å². The summed E-state index contributed by atoms with van der Waals surface area (Å²) in [7, 11) is 1.27. The Hall–Kier alpha value is -3.19. The molecule has 34 heavy (non-hydrogen) atoms. The van der Waals surface area contributed by atoms with Gasteiger partial charge in [0.05, 0.1) is 24.6 Å². The van der Waals surface area contributed by atoms with Gasteiger partial charge < -0.3 is 4.74 Å². The first kappa shape index (κ1) is 22.6. The Labute approximate surface area is 206 Å². The van der Waals surface area contributed by atoms with Crippen LogP contribution in [0.3, 0.4) is 0 Å². The molecule has 0 aromatic heterocycles. The predicted molar refractivity (Wildman–Crippen MR) is 128 cm³/mol. The second kappa shape index (κ2) is 8.55. The highest BCUT2D eigenvalue weighted by atomic mass is 35.5. The summed E-state index contributed by atoms with van der Waals surface area (Å²) in [5.74, 6) is -3.50. The van der Waals surface area contributed by atoms with Gasteiger partial charge in [0.1, 0.15) is 0 Å². The van der Waals surface area contributed by atoms with Crippen LogP contribution >= 0.6 is 23.2 Å². The summed E-state index contributed by atoms with van der Waals surface area (Å²) in [6.07, 6.45) is 0. The van der Waals surface area contributed by atoms with Gasteiger partial charge in [0.25, 0.3) is 0 Å². The van der Waals surface area contributed by atoms with Gasteiger partial charge in [-0.25, -0.2) is 9.69 Å². The summed E-state index contributed by atoms with van der Waals surface area (Å²) in [4.78, 5) is 42.4. The summed E-state index contributed by atoms with van der Waals surface area (Å²) >= 11 is 12.5. The van der Waals surface area contributed by atoms with E-state index in [0.29, 0.717) is 26.9 Å². The quantitative estimate of drug-likeness (QED) is 0.426. The van der Waals surface area contributed by atoms with Crippen molar-refractivity contribution in [3.63, 3.8) is 0 Å². The minimum absolute atomic E-state index is 0.388. The molecule has 0 spiro atoms. The molecule has 5 rings (SSSR count). The Morgan fingerprint density at radius 1 is 0.912 bits per heavy atom. The van der Waals surface area contributed by atoms with Crippen molar-refractivity contribution in [2.24, 2.45) is 11.8 Å². The second-order valence-corrected chi connectivity index (χ2v) is 9.14. The smallest absolute Gasteiger partial charge is 0.331 e. The minimum Gasteiger partial charge on any atom is -0.467 e. The number of nitrogens with zero attached hydrogens (tertiary/aromatic N) is 1. The van der Waals surface area contributed by atoms with Crippen LogP contribution < -0.4 is 10.2 Å². The maximum absolute atomic E-state index is 13.9. The van der Waals surface area contributed by atoms with Gasteiger partial charge in [-0.3, -0.25) is 14.9 Å². The van der Waals surface area contributed by atoms with Crippen LogP contribution in [0.25, 0.3) is 0 Å². The first-order chi connectivity index (χ1) is 16.4. The van der Waals surface area contributed by atoms with Crippen molar-refractivity contribution in [3.8, 4) is 0 Å². The molecule has 8 heteroatoms. The molecule has 0 saturated carbocycles. The molecule has 1 N–H and O–H groups in total. The van der Waals surface area contributed by atoms with Gasteiger partial charge in [-0.1, -0.05) is 71.7 Å². The number of carbonyl (C=O) groups is 3. The van der Waals surface area contributed by atoms with Crippen molar-refractivity contribution < 1.29 is 19.1 Å². The van der Waals surface area contributed by atoms with Gasteiger partial charge in [-0.05, 0) is 41.5 Å². The molecule has 3 aromatic carbocycles. The molecule has 0 aliphatic carbocycles. The normalized spacial score (nSPS) is 26.0. The van der Waals surface area contributed by atoms with E-state index in [2.05, 4.69) is 5.32 Å². The van der Waals surface area contributed by atoms with Crippen LogP contribution in [0.1, 0.15) is 17.2 Å². The zero-order chi connectivity index (χ0) is 24.0. The molecule has 6 nitrogen and oxygen atoms in total. The molecule has 0 bridgehead atoms. The van der Waals surface area contributed by atoms with Crippen molar-refractivity contribution in [2.75, 3.05) is 12.0 Å². The van der Waals surface area contributed by atoms with Crippen LogP contribution in [0.2, 0.25) is 10.0 Å². The van der Waals surface area contributed by atoms with E-state index in [1.54, 1.807) is 72.8 Å². The van der Waals surface area contributed by atoms with Crippen LogP contribution in [-0.4, -0.2) is 24.9 Å². The fourth-order valence-corrected chi connectivity index (χ4v) is 5.56. The fraction of sp³-hybridized carbons (Fsp3) is 0.192. The second-order valence-electron chi connectivity index (χ2n) is 8.30. The molecule has 3 aromatic rings. The molecule has 2 heterocycles. The topological polar surface area (TPSA) is 75.7 Å². The van der Waals surface area contributed by atoms with E-state index in [9.17, 15) is 14.4 Å². The number of hydrogen-bond acceptors (Lipinski definition) is 5. The van der Waals surface area contributed by atoms with E-state index in [4.69, 9.17) is 27.9 Å². The number of ether oxygens (including phenoxy) is 1. The third-order valence-corrected chi connectivity index (χ3v) is 7.22. The molecular weight excluding hydrogens is 475 g/mol. The Kier molecular flexibility index (Phi) is 5.68. The maximum Gasteiger partial charge on any atom is 0.331 e. The van der Waals surface area contributed by atoms with E-state index in [1.807, 2.05) is 6.07 Å². The number of esters is 1. The SMILES string of the molecule is COC(=O)[C@]1(c2ccccc2)N[C@@H](c2ccccc2Cl)[C@@H]2C(=O)N(c3ccc(Cl)cc3)C(=O)[C@@H]21. The summed E-state index contributed by atoms with van der Waals surface area (Å²) in [5, 5.41) is 4.23. The van der Waals surface area contributed by atoms with Crippen molar-refractivity contribution in [2.45, 2.75) is 11.6 Å². The summed E-state index contributed by atoms with van der Waals surface area (Å²) in [6, 6.07) is 21.7. The number of nitrogens with one attached hydrogen (secondary N) is 1. The average molecular weight is 495 g/mol. The van der Waals surface area contributed by atoms with E-state index in [1.165, 1.54) is 7.11 Å². The highest BCUT2D eigenvalue weighted by Gasteiger charge is 2.69. The number of rotatable bonds is 4. The predicted octanol–water partition coefficient (Wildman–Crippen LogP) is 4.51. The van der Waals surface area contributed by atoms with Gasteiger partial charge in [0, 0.05) is 16.1 Å². The molecule has 0 radical (unpaired) electrons. The summed E-state index contributed by atoms with van der Waals surface area (Å²) in [6.45, 7) is 0. The van der Waals surface area contributed by atoms with E-state index < -0.39 is 41.2 Å². The van der Waals surface area contributed by atoms with Crippen LogP contribution in [0.4, 0.5) is 5.69 Å². The zero-order valence-electron chi connectivity index (χ0n) is 18.1. The number of anilines is 1. The molecule has 2 aliphatic heterocycles. The molecule has 2 saturated heterocycles. The molecule has 4 atom stereocenters. The van der Waals surface area contributed by atoms with Gasteiger partial charge in [0.15, 0.2) is 5.54 Å². The number of halogens is 2. The lowest BCUT2D eigenvalue weighted by molar-refractivity contribution is -0.152. The third-order valence-electron chi connectivity index (χ3n) is 6.62. The number of amides is 2. The van der Waals surface area contributed by atoms with Gasteiger partial charge in [0.2, 0.25) is 11.8 Å². The molecular formula is C26H20Cl2N2O4. The van der Waals surface area contributed by atoms with E-state index in [-0.39, 0.29) is 0 Å². The molecule has 0 unspecified atom stereocenters. The van der Waals surface area contributed by atoms with Crippen LogP contribution in [0.5, 0.6) is 0 Å². The molecule has 2 aliphatic rings. The lowest BCUT2D eigenvalue weighted by Crippen LogP contribution is -2.53. The number of methoxy groups -OCH3 is 1. The summed E-state index contributed by atoms with van der Waals surface area (Å²) < 4.78 is 5.22. The highest BCUT2D eigenvalue weighted by molar-refractivity contribution is 6.32. The third kappa shape index (κ3) is 3.25. The molecule has 172 valence electrons. The van der Waals surface area contributed by atoms with Gasteiger partial charge >= 0.3 is 5.97 Å². The number of fused-ring (bicyclic) bond motifs is 1. The lowest BCUT2D eigenvalue weighted by atomic mass is 9.75. The summed E-state index contributed by atoms with van der Waals surface area (Å²) in [5.41, 5.74) is -0.0395. The van der Waals surface area contributed by atoms with Gasteiger partial charge in [-0.2, -0.15) is 0 Å². The molecule has 2 fully saturated rings. The Bertz CT molecular complexity index is 1280. The van der Waals surface area contributed by atoms with Crippen molar-refractivity contribution >= 4 is 46.7 Å². The number of benzene rings is 3. The molecule has 2 amide bonds. The Balaban J connectivity index is 1.74. The number of hydrogen-bond donors (Lipinski definition) is 1. The standard InChI is InChI=1S/C26H20Cl2N2O4/c1-34-25(33)26(15-7-3-2-4-8-15)21-20(22(29-26)18-9-5-6-10-19(18)28)23(31)30(24(21)32)17-13-11-16(27)12-14-17/h2-14,20-22,29H,1H3/t20-,21-,22+,26-/m1/s1. The van der Waals surface area contributed by atoms with Crippen molar-refractivity contribution in [3.05, 3.63) is 100 Å². The Morgan fingerprint density at radius 3 is 2.21 bits per heavy atom. The van der Waals surface area contributed by atoms with Gasteiger partial charge in [-0.15, -0.1) is 0 Å². The largest absolute Gasteiger partial charge is 0.467 e. The number of carbonyl (C=O) groups excluding carboxylic acids is 3. The number of imide groups is 1. The van der Waals surface area contributed by atoms with Crippen molar-refractivity contribution in [1.82, 2.24) is 5.32 Å². The zero-order valence-corrected chi connectivity index (χ0v) is 19.6. The average Bonchev–Trinajstić information content (AvgIpc) is 3.34. The fourth-order valence-electron chi connectivity index (χ4n) is 5.18. The monoisotopic (exact) mass is 494 g/mol. The maximum atomic E-state index is 13.9. The van der Waals surface area contributed by atoms with Crippen LogP contribution in [0.15, 0.2) is 78.9 Å². The van der Waals surface area contributed by atoms with E-state index >= 15 is 0 Å². The highest BCUT2D eigenvalue weighted by Crippen LogP contribution is 2.54. The first-order valence-corrected chi connectivity index (χ1v) is 11.4. The lowest BCUT2D eigenvalue weighted by Gasteiger charge is -2.33. The first-order valence-electron chi connectivity index (χ1n) is 10.7. The van der Waals surface area contributed by atoms with Crippen LogP contribution in [-0.2, 0) is 24.7 Å². The Morgan fingerprint density at radius 2 is 1.56 bits per heavy atom. The van der Waals surface area contributed by atoms with Crippen LogP contribution in [0, 0.1) is 11.8 Å². The minimum atomic E-state index is -1.58. The van der Waals surface area contributed by atoms with Crippen molar-refractivity contribution in [1.29, 1.82) is 0 Å².